The molecule has 1 N–H and O–H groups in total. The molecule has 29 heavy (non-hydrogen) atoms. The van der Waals surface area contributed by atoms with E-state index in [-0.39, 0.29) is 12.4 Å². The van der Waals surface area contributed by atoms with E-state index in [1.807, 2.05) is 0 Å². The van der Waals surface area contributed by atoms with E-state index in [1.165, 1.54) is 88.8 Å². The molecule has 0 radical (unpaired) electrons. The van der Waals surface area contributed by atoms with E-state index >= 15 is 0 Å². The molecule has 0 aromatic heterocycles. The lowest BCUT2D eigenvalue weighted by Crippen LogP contribution is -2.07. The van der Waals surface area contributed by atoms with Crippen LogP contribution in [0.1, 0.15) is 110 Å². The monoisotopic (exact) mass is 428 g/mol. The van der Waals surface area contributed by atoms with Gasteiger partial charge < -0.3 is 9.84 Å². The van der Waals surface area contributed by atoms with Crippen molar-refractivity contribution in [3.8, 4) is 0 Å². The number of ether oxygens (including phenoxy) is 1. The molecule has 5 heteroatoms. The average molecular weight is 429 g/mol. The fraction of sp³-hybridized carbons (Fsp3) is 0.833. The number of rotatable bonds is 22. The van der Waals surface area contributed by atoms with Crippen LogP contribution in [0.3, 0.4) is 0 Å². The molecule has 0 bridgehead atoms. The maximum atomic E-state index is 11.5. The second-order valence-corrected chi connectivity index (χ2v) is 8.89. The molecule has 0 unspecified atom stereocenters. The summed E-state index contributed by atoms with van der Waals surface area (Å²) >= 11 is 1.49. The zero-order valence-corrected chi connectivity index (χ0v) is 19.5. The molecule has 0 amide bonds. The highest BCUT2D eigenvalue weighted by molar-refractivity contribution is 7.99. The first-order valence-electron chi connectivity index (χ1n) is 11.8. The number of esters is 1. The van der Waals surface area contributed by atoms with Gasteiger partial charge in [-0.15, -0.1) is 0 Å². The summed E-state index contributed by atoms with van der Waals surface area (Å²) in [6.45, 7) is 2.78. The molecule has 0 fully saturated rings. The standard InChI is InChI=1S/C24H44O4S/c1-2-3-4-5-6-7-8-9-10-11-12-13-14-15-16-17-20-28-24(27)19-22-29-21-18-23(25)26/h9-10H,2-8,11-22H2,1H3,(H,25,26). The van der Waals surface area contributed by atoms with Crippen molar-refractivity contribution >= 4 is 23.7 Å². The predicted molar refractivity (Wildman–Crippen MR) is 125 cm³/mol. The van der Waals surface area contributed by atoms with Crippen LogP contribution in [-0.4, -0.2) is 35.2 Å². The van der Waals surface area contributed by atoms with Crippen LogP contribution in [0, 0.1) is 0 Å². The van der Waals surface area contributed by atoms with Crippen molar-refractivity contribution < 1.29 is 19.4 Å². The first-order valence-corrected chi connectivity index (χ1v) is 12.9. The summed E-state index contributed by atoms with van der Waals surface area (Å²) in [5.74, 6) is 0.234. The number of aliphatic carboxylic acids is 1. The highest BCUT2D eigenvalue weighted by Crippen LogP contribution is 2.10. The average Bonchev–Trinajstić information content (AvgIpc) is 2.69. The van der Waals surface area contributed by atoms with Crippen molar-refractivity contribution in [1.29, 1.82) is 0 Å². The van der Waals surface area contributed by atoms with Crippen LogP contribution in [0.5, 0.6) is 0 Å². The van der Waals surface area contributed by atoms with Crippen LogP contribution in [0.4, 0.5) is 0 Å². The Balaban J connectivity index is 3.20. The first kappa shape index (κ1) is 28.0. The summed E-state index contributed by atoms with van der Waals surface area (Å²) in [4.78, 5) is 21.9. The van der Waals surface area contributed by atoms with E-state index in [9.17, 15) is 9.59 Å². The Kier molecular flexibility index (Phi) is 22.5. The highest BCUT2D eigenvalue weighted by Gasteiger charge is 2.03. The summed E-state index contributed by atoms with van der Waals surface area (Å²) in [6.07, 6.45) is 23.0. The number of hydrogen-bond donors (Lipinski definition) is 1. The summed E-state index contributed by atoms with van der Waals surface area (Å²) in [5.41, 5.74) is 0. The molecule has 0 aromatic carbocycles. The molecule has 0 aromatic rings. The van der Waals surface area contributed by atoms with Crippen LogP contribution in [0.2, 0.25) is 0 Å². The fourth-order valence-corrected chi connectivity index (χ4v) is 3.86. The molecule has 0 rings (SSSR count). The molecule has 0 atom stereocenters. The SMILES string of the molecule is CCCCCCCCC=CCCCCCCCCOC(=O)CCSCCC(=O)O. The quantitative estimate of drug-likeness (QED) is 0.112. The topological polar surface area (TPSA) is 63.6 Å². The van der Waals surface area contributed by atoms with Gasteiger partial charge in [-0.25, -0.2) is 0 Å². The fourth-order valence-electron chi connectivity index (χ4n) is 3.02. The van der Waals surface area contributed by atoms with Gasteiger partial charge in [0.1, 0.15) is 0 Å². The van der Waals surface area contributed by atoms with Gasteiger partial charge >= 0.3 is 11.9 Å². The van der Waals surface area contributed by atoms with Crippen LogP contribution < -0.4 is 0 Å². The summed E-state index contributed by atoms with van der Waals surface area (Å²) in [7, 11) is 0. The largest absolute Gasteiger partial charge is 0.481 e. The minimum atomic E-state index is -0.792. The number of carbonyl (C=O) groups excluding carboxylic acids is 1. The third-order valence-corrected chi connectivity index (χ3v) is 5.82. The van der Waals surface area contributed by atoms with Gasteiger partial charge in [0.15, 0.2) is 0 Å². The third kappa shape index (κ3) is 25.0. The van der Waals surface area contributed by atoms with Gasteiger partial charge in [0.2, 0.25) is 0 Å². The van der Waals surface area contributed by atoms with Crippen molar-refractivity contribution in [2.24, 2.45) is 0 Å². The molecule has 0 aliphatic rings. The number of hydrogen-bond acceptors (Lipinski definition) is 4. The lowest BCUT2D eigenvalue weighted by atomic mass is 10.1. The zero-order valence-electron chi connectivity index (χ0n) is 18.7. The van der Waals surface area contributed by atoms with E-state index in [0.717, 1.165) is 12.8 Å². The lowest BCUT2D eigenvalue weighted by molar-refractivity contribution is -0.143. The Morgan fingerprint density at radius 3 is 1.86 bits per heavy atom. The molecule has 170 valence electrons. The van der Waals surface area contributed by atoms with Crippen molar-refractivity contribution in [3.05, 3.63) is 12.2 Å². The third-order valence-electron chi connectivity index (χ3n) is 4.83. The van der Waals surface area contributed by atoms with Crippen LogP contribution in [0.15, 0.2) is 12.2 Å². The molecule has 0 aliphatic heterocycles. The van der Waals surface area contributed by atoms with Crippen LogP contribution in [-0.2, 0) is 14.3 Å². The second-order valence-electron chi connectivity index (χ2n) is 7.66. The van der Waals surface area contributed by atoms with Gasteiger partial charge in [0.25, 0.3) is 0 Å². The summed E-state index contributed by atoms with van der Waals surface area (Å²) in [6, 6.07) is 0. The normalized spacial score (nSPS) is 11.2. The van der Waals surface area contributed by atoms with Gasteiger partial charge in [-0.05, 0) is 32.1 Å². The summed E-state index contributed by atoms with van der Waals surface area (Å²) in [5, 5.41) is 8.53. The van der Waals surface area contributed by atoms with Gasteiger partial charge in [0, 0.05) is 11.5 Å². The Hall–Kier alpha value is -0.970. The smallest absolute Gasteiger partial charge is 0.306 e. The molecule has 4 nitrogen and oxygen atoms in total. The van der Waals surface area contributed by atoms with Crippen molar-refractivity contribution in [2.45, 2.75) is 110 Å². The Morgan fingerprint density at radius 2 is 1.28 bits per heavy atom. The maximum absolute atomic E-state index is 11.5. The number of thioether (sulfide) groups is 1. The number of allylic oxidation sites excluding steroid dienone is 2. The van der Waals surface area contributed by atoms with E-state index in [4.69, 9.17) is 9.84 Å². The summed E-state index contributed by atoms with van der Waals surface area (Å²) < 4.78 is 5.21. The lowest BCUT2D eigenvalue weighted by Gasteiger charge is -2.05. The molecule has 0 heterocycles. The number of carbonyl (C=O) groups is 2. The van der Waals surface area contributed by atoms with E-state index in [0.29, 0.717) is 24.5 Å². The van der Waals surface area contributed by atoms with Gasteiger partial charge in [-0.3, -0.25) is 9.59 Å². The highest BCUT2D eigenvalue weighted by atomic mass is 32.2. The second kappa shape index (κ2) is 23.3. The number of carboxylic acid groups (broad SMARTS) is 1. The van der Waals surface area contributed by atoms with Crippen molar-refractivity contribution in [1.82, 2.24) is 0 Å². The molecule has 0 spiro atoms. The van der Waals surface area contributed by atoms with Crippen molar-refractivity contribution in [3.63, 3.8) is 0 Å². The Bertz CT molecular complexity index is 410. The minimum Gasteiger partial charge on any atom is -0.481 e. The number of unbranched alkanes of at least 4 members (excludes halogenated alkanes) is 12. The van der Waals surface area contributed by atoms with Gasteiger partial charge in [0.05, 0.1) is 19.4 Å². The molecule has 0 saturated heterocycles. The predicted octanol–water partition coefficient (Wildman–Crippen LogP) is 7.17. The van der Waals surface area contributed by atoms with E-state index in [1.54, 1.807) is 0 Å². The Morgan fingerprint density at radius 1 is 0.759 bits per heavy atom. The first-order chi connectivity index (χ1) is 14.2. The zero-order chi connectivity index (χ0) is 21.4. The van der Waals surface area contributed by atoms with Crippen LogP contribution >= 0.6 is 11.8 Å². The molecular weight excluding hydrogens is 384 g/mol. The van der Waals surface area contributed by atoms with Gasteiger partial charge in [-0.1, -0.05) is 76.9 Å². The Labute approximate surface area is 183 Å². The maximum Gasteiger partial charge on any atom is 0.306 e. The van der Waals surface area contributed by atoms with Crippen molar-refractivity contribution in [2.75, 3.05) is 18.1 Å². The molecular formula is C24H44O4S. The van der Waals surface area contributed by atoms with E-state index < -0.39 is 5.97 Å². The molecule has 0 aliphatic carbocycles. The van der Waals surface area contributed by atoms with Crippen LogP contribution in [0.25, 0.3) is 0 Å². The van der Waals surface area contributed by atoms with Gasteiger partial charge in [-0.2, -0.15) is 11.8 Å². The van der Waals surface area contributed by atoms with E-state index in [2.05, 4.69) is 19.1 Å². The molecule has 0 saturated carbocycles. The number of carboxylic acids is 1. The minimum absolute atomic E-state index is 0.148.